The van der Waals surface area contributed by atoms with Gasteiger partial charge in [0.15, 0.2) is 0 Å². The van der Waals surface area contributed by atoms with E-state index in [0.717, 1.165) is 38.3 Å². The molecule has 0 spiro atoms. The number of hydrogen-bond acceptors (Lipinski definition) is 2. The van der Waals surface area contributed by atoms with E-state index in [4.69, 9.17) is 5.11 Å². The van der Waals surface area contributed by atoms with Crippen LogP contribution in [0.4, 0.5) is 4.79 Å². The molecule has 3 rings (SSSR count). The lowest BCUT2D eigenvalue weighted by Gasteiger charge is -2.34. The van der Waals surface area contributed by atoms with Gasteiger partial charge in [-0.05, 0) is 56.3 Å². The fourth-order valence-corrected chi connectivity index (χ4v) is 4.48. The Morgan fingerprint density at radius 2 is 2.05 bits per heavy atom. The first kappa shape index (κ1) is 14.7. The van der Waals surface area contributed by atoms with Crippen molar-refractivity contribution in [3.05, 3.63) is 0 Å². The predicted octanol–water partition coefficient (Wildman–Crippen LogP) is 2.46. The van der Waals surface area contributed by atoms with Gasteiger partial charge in [0.1, 0.15) is 0 Å². The Morgan fingerprint density at radius 3 is 2.71 bits per heavy atom. The van der Waals surface area contributed by atoms with Gasteiger partial charge < -0.3 is 15.3 Å². The molecule has 1 saturated heterocycles. The van der Waals surface area contributed by atoms with Crippen molar-refractivity contribution >= 4 is 12.0 Å². The zero-order valence-corrected chi connectivity index (χ0v) is 12.6. The maximum atomic E-state index is 12.4. The van der Waals surface area contributed by atoms with Crippen LogP contribution in [-0.4, -0.2) is 41.1 Å². The van der Waals surface area contributed by atoms with Crippen LogP contribution in [0.25, 0.3) is 0 Å². The fraction of sp³-hybridized carbons (Fsp3) is 0.875. The summed E-state index contributed by atoms with van der Waals surface area (Å²) in [6.07, 6.45) is 8.02. The van der Waals surface area contributed by atoms with Crippen LogP contribution in [-0.2, 0) is 4.79 Å². The highest BCUT2D eigenvalue weighted by atomic mass is 16.4. The van der Waals surface area contributed by atoms with E-state index in [9.17, 15) is 9.59 Å². The molecular weight excluding hydrogens is 268 g/mol. The lowest BCUT2D eigenvalue weighted by molar-refractivity contribution is -0.137. The third-order valence-corrected chi connectivity index (χ3v) is 5.62. The molecule has 2 N–H and O–H groups in total. The number of fused-ring (bicyclic) bond motifs is 2. The summed E-state index contributed by atoms with van der Waals surface area (Å²) in [5.74, 6) is 1.15. The second kappa shape index (κ2) is 6.24. The summed E-state index contributed by atoms with van der Waals surface area (Å²) in [7, 11) is 0. The van der Waals surface area contributed by atoms with Gasteiger partial charge in [-0.2, -0.15) is 0 Å². The fourth-order valence-electron chi connectivity index (χ4n) is 4.48. The molecule has 0 aromatic rings. The van der Waals surface area contributed by atoms with E-state index in [1.54, 1.807) is 0 Å². The van der Waals surface area contributed by atoms with Crippen LogP contribution in [0.5, 0.6) is 0 Å². The number of carboxylic acid groups (broad SMARTS) is 1. The van der Waals surface area contributed by atoms with Crippen molar-refractivity contribution in [2.45, 2.75) is 57.4 Å². The van der Waals surface area contributed by atoms with Gasteiger partial charge in [-0.1, -0.05) is 6.42 Å². The zero-order valence-electron chi connectivity index (χ0n) is 12.6. The topological polar surface area (TPSA) is 69.6 Å². The Hall–Kier alpha value is -1.26. The standard InChI is InChI=1S/C16H26N2O3/c19-15(20)6-4-11-2-1-7-18(10-11)16(21)17-14-9-12-3-5-13(14)8-12/h11-14H,1-10H2,(H,17,21)(H,19,20). The molecule has 3 aliphatic rings. The molecule has 5 heteroatoms. The average Bonchev–Trinajstić information content (AvgIpc) is 3.08. The van der Waals surface area contributed by atoms with Crippen molar-refractivity contribution < 1.29 is 14.7 Å². The number of piperidine rings is 1. The molecule has 118 valence electrons. The number of likely N-dealkylation sites (tertiary alicyclic amines) is 1. The zero-order chi connectivity index (χ0) is 14.8. The Morgan fingerprint density at radius 1 is 1.19 bits per heavy atom. The van der Waals surface area contributed by atoms with Crippen LogP contribution >= 0.6 is 0 Å². The highest BCUT2D eigenvalue weighted by molar-refractivity contribution is 5.74. The third-order valence-electron chi connectivity index (χ3n) is 5.62. The molecule has 2 saturated carbocycles. The van der Waals surface area contributed by atoms with Gasteiger partial charge in [-0.15, -0.1) is 0 Å². The van der Waals surface area contributed by atoms with E-state index in [0.29, 0.717) is 24.3 Å². The number of nitrogens with one attached hydrogen (secondary N) is 1. The minimum atomic E-state index is -0.737. The van der Waals surface area contributed by atoms with Gasteiger partial charge in [-0.25, -0.2) is 4.79 Å². The van der Waals surface area contributed by atoms with Crippen LogP contribution in [0.1, 0.15) is 51.4 Å². The van der Waals surface area contributed by atoms with Gasteiger partial charge in [0.25, 0.3) is 0 Å². The Kier molecular flexibility index (Phi) is 4.36. The SMILES string of the molecule is O=C(O)CCC1CCCN(C(=O)NC2CC3CCC2C3)C1. The first-order valence-corrected chi connectivity index (χ1v) is 8.39. The van der Waals surface area contributed by atoms with Gasteiger partial charge in [0.05, 0.1) is 0 Å². The van der Waals surface area contributed by atoms with E-state index in [2.05, 4.69) is 5.32 Å². The number of aliphatic carboxylic acids is 1. The molecule has 0 aromatic carbocycles. The van der Waals surface area contributed by atoms with Gasteiger partial charge in [0, 0.05) is 25.6 Å². The highest BCUT2D eigenvalue weighted by Crippen LogP contribution is 2.44. The summed E-state index contributed by atoms with van der Waals surface area (Å²) in [6.45, 7) is 1.54. The Bertz CT molecular complexity index is 412. The van der Waals surface area contributed by atoms with E-state index < -0.39 is 5.97 Å². The van der Waals surface area contributed by atoms with E-state index in [-0.39, 0.29) is 12.5 Å². The molecule has 5 nitrogen and oxygen atoms in total. The largest absolute Gasteiger partial charge is 0.481 e. The number of amides is 2. The minimum Gasteiger partial charge on any atom is -0.481 e. The Labute approximate surface area is 126 Å². The van der Waals surface area contributed by atoms with E-state index >= 15 is 0 Å². The summed E-state index contributed by atoms with van der Waals surface area (Å²) in [4.78, 5) is 25.0. The van der Waals surface area contributed by atoms with Crippen molar-refractivity contribution in [2.75, 3.05) is 13.1 Å². The molecule has 4 atom stereocenters. The highest BCUT2D eigenvalue weighted by Gasteiger charge is 2.40. The van der Waals surface area contributed by atoms with Gasteiger partial charge in [0.2, 0.25) is 0 Å². The first-order valence-electron chi connectivity index (χ1n) is 8.39. The van der Waals surface area contributed by atoms with Crippen molar-refractivity contribution in [1.82, 2.24) is 10.2 Å². The summed E-state index contributed by atoms with van der Waals surface area (Å²) < 4.78 is 0. The number of carbonyl (C=O) groups is 2. The van der Waals surface area contributed by atoms with Crippen LogP contribution in [0.15, 0.2) is 0 Å². The molecule has 2 bridgehead atoms. The van der Waals surface area contributed by atoms with Crippen LogP contribution in [0.2, 0.25) is 0 Å². The predicted molar refractivity (Wildman–Crippen MR) is 78.9 cm³/mol. The van der Waals surface area contributed by atoms with Crippen LogP contribution in [0.3, 0.4) is 0 Å². The summed E-state index contributed by atoms with van der Waals surface area (Å²) in [5, 5.41) is 12.0. The second-order valence-corrected chi connectivity index (χ2v) is 7.12. The van der Waals surface area contributed by atoms with Gasteiger partial charge >= 0.3 is 12.0 Å². The van der Waals surface area contributed by atoms with Crippen molar-refractivity contribution in [3.8, 4) is 0 Å². The number of carbonyl (C=O) groups excluding carboxylic acids is 1. The van der Waals surface area contributed by atoms with Crippen molar-refractivity contribution in [1.29, 1.82) is 0 Å². The summed E-state index contributed by atoms with van der Waals surface area (Å²) >= 11 is 0. The van der Waals surface area contributed by atoms with Crippen molar-refractivity contribution in [2.24, 2.45) is 17.8 Å². The molecule has 21 heavy (non-hydrogen) atoms. The van der Waals surface area contributed by atoms with E-state index in [1.165, 1.54) is 19.3 Å². The number of rotatable bonds is 4. The minimum absolute atomic E-state index is 0.0765. The molecule has 2 amide bonds. The van der Waals surface area contributed by atoms with Crippen LogP contribution < -0.4 is 5.32 Å². The lowest BCUT2D eigenvalue weighted by atomic mass is 9.93. The monoisotopic (exact) mass is 294 g/mol. The number of hydrogen-bond donors (Lipinski definition) is 2. The first-order chi connectivity index (χ1) is 10.1. The number of carboxylic acids is 1. The smallest absolute Gasteiger partial charge is 0.317 e. The molecule has 3 fully saturated rings. The normalized spacial score (nSPS) is 35.0. The quantitative estimate of drug-likeness (QED) is 0.837. The van der Waals surface area contributed by atoms with Gasteiger partial charge in [-0.3, -0.25) is 4.79 Å². The molecule has 4 unspecified atom stereocenters. The maximum Gasteiger partial charge on any atom is 0.317 e. The lowest BCUT2D eigenvalue weighted by Crippen LogP contribution is -2.49. The molecule has 0 radical (unpaired) electrons. The molecule has 2 aliphatic carbocycles. The maximum absolute atomic E-state index is 12.4. The number of nitrogens with zero attached hydrogens (tertiary/aromatic N) is 1. The molecule has 1 heterocycles. The molecular formula is C16H26N2O3. The van der Waals surface area contributed by atoms with Crippen LogP contribution in [0, 0.1) is 17.8 Å². The second-order valence-electron chi connectivity index (χ2n) is 7.12. The average molecular weight is 294 g/mol. The summed E-state index contributed by atoms with van der Waals surface area (Å²) in [5.41, 5.74) is 0. The summed E-state index contributed by atoms with van der Waals surface area (Å²) in [6, 6.07) is 0.461. The van der Waals surface area contributed by atoms with Crippen molar-refractivity contribution in [3.63, 3.8) is 0 Å². The third kappa shape index (κ3) is 3.50. The number of urea groups is 1. The Balaban J connectivity index is 1.46. The van der Waals surface area contributed by atoms with E-state index in [1.807, 2.05) is 4.90 Å². The molecule has 1 aliphatic heterocycles. The molecule has 0 aromatic heterocycles.